The largest absolute Gasteiger partial charge is 0.469 e. The molecule has 6 nitrogen and oxygen atoms in total. The maximum Gasteiger partial charge on any atom is 0.254 e. The monoisotopic (exact) mass is 320 g/mol. The molecule has 1 fully saturated rings. The molecule has 1 saturated heterocycles. The summed E-state index contributed by atoms with van der Waals surface area (Å²) in [5, 5.41) is 2.88. The number of carbonyl (C=O) groups excluding carboxylic acids is 1. The smallest absolute Gasteiger partial charge is 0.254 e. The number of alkyl halides is 1. The number of hydrogen-bond acceptors (Lipinski definition) is 4. The number of nitrogens with zero attached hydrogens (tertiary/aromatic N) is 3. The van der Waals surface area contributed by atoms with Crippen LogP contribution >= 0.6 is 0 Å². The van der Waals surface area contributed by atoms with Crippen LogP contribution in [0.25, 0.3) is 0 Å². The molecule has 1 aliphatic rings. The molecule has 2 aromatic heterocycles. The first-order valence-corrected chi connectivity index (χ1v) is 7.71. The molecule has 0 spiro atoms. The maximum atomic E-state index is 13.8. The molecule has 0 bridgehead atoms. The van der Waals surface area contributed by atoms with Crippen LogP contribution in [-0.2, 0) is 13.6 Å². The molecule has 7 heteroatoms. The van der Waals surface area contributed by atoms with Crippen LogP contribution in [0.4, 0.5) is 4.39 Å². The highest BCUT2D eigenvalue weighted by atomic mass is 19.1. The average molecular weight is 320 g/mol. The Balaban J connectivity index is 1.60. The summed E-state index contributed by atoms with van der Waals surface area (Å²) < 4.78 is 20.9. The summed E-state index contributed by atoms with van der Waals surface area (Å²) in [6.07, 6.45) is 4.65. The minimum Gasteiger partial charge on any atom is -0.469 e. The van der Waals surface area contributed by atoms with Gasteiger partial charge < -0.3 is 14.3 Å². The number of halogens is 1. The van der Waals surface area contributed by atoms with Crippen LogP contribution in [0.2, 0.25) is 0 Å². The molecule has 0 saturated carbocycles. The van der Waals surface area contributed by atoms with Gasteiger partial charge >= 0.3 is 0 Å². The number of aromatic nitrogens is 2. The molecular formula is C16H21FN4O2. The lowest BCUT2D eigenvalue weighted by atomic mass is 10.2. The molecule has 1 N–H and O–H groups in total. The van der Waals surface area contributed by atoms with Crippen LogP contribution in [0.1, 0.15) is 28.4 Å². The van der Waals surface area contributed by atoms with Gasteiger partial charge in [0.2, 0.25) is 0 Å². The summed E-state index contributed by atoms with van der Waals surface area (Å²) in [7, 11) is 1.92. The van der Waals surface area contributed by atoms with Crippen molar-refractivity contribution in [2.75, 3.05) is 13.1 Å². The first kappa shape index (κ1) is 15.7. The van der Waals surface area contributed by atoms with Gasteiger partial charge in [0.05, 0.1) is 18.4 Å². The molecule has 3 heterocycles. The fraction of sp³-hybridized carbons (Fsp3) is 0.500. The molecule has 0 unspecified atom stereocenters. The van der Waals surface area contributed by atoms with Crippen LogP contribution in [0.5, 0.6) is 0 Å². The summed E-state index contributed by atoms with van der Waals surface area (Å²) in [5.74, 6) is 1.29. The number of rotatable bonds is 5. The van der Waals surface area contributed by atoms with Crippen molar-refractivity contribution in [3.8, 4) is 0 Å². The van der Waals surface area contributed by atoms with Gasteiger partial charge in [0, 0.05) is 38.6 Å². The standard InChI is InChI=1S/C16H21FN4O2/c1-11-14(3-6-23-11)16(22)19-8-13-7-12(17)9-21(13)10-15-18-4-5-20(15)2/h3-6,12-13H,7-10H2,1-2H3,(H,19,22)/t12-,13-/m0/s1. The Morgan fingerprint density at radius 2 is 2.39 bits per heavy atom. The third kappa shape index (κ3) is 3.44. The minimum atomic E-state index is -0.868. The van der Waals surface area contributed by atoms with Crippen LogP contribution in [-0.4, -0.2) is 45.7 Å². The van der Waals surface area contributed by atoms with E-state index in [0.717, 1.165) is 5.82 Å². The van der Waals surface area contributed by atoms with Gasteiger partial charge in [-0.1, -0.05) is 0 Å². The maximum absolute atomic E-state index is 13.8. The predicted molar refractivity (Wildman–Crippen MR) is 82.7 cm³/mol. The number of carbonyl (C=O) groups is 1. The van der Waals surface area contributed by atoms with E-state index in [4.69, 9.17) is 4.42 Å². The Hall–Kier alpha value is -2.15. The Morgan fingerprint density at radius 1 is 1.57 bits per heavy atom. The molecule has 2 aromatic rings. The van der Waals surface area contributed by atoms with E-state index in [-0.39, 0.29) is 11.9 Å². The molecule has 1 aliphatic heterocycles. The quantitative estimate of drug-likeness (QED) is 0.910. The van der Waals surface area contributed by atoms with Crippen LogP contribution in [0, 0.1) is 6.92 Å². The van der Waals surface area contributed by atoms with E-state index in [1.165, 1.54) is 6.26 Å². The number of furan rings is 1. The zero-order chi connectivity index (χ0) is 16.4. The summed E-state index contributed by atoms with van der Waals surface area (Å²) in [4.78, 5) is 18.5. The van der Waals surface area contributed by atoms with Gasteiger partial charge in [-0.25, -0.2) is 9.37 Å². The second-order valence-corrected chi connectivity index (χ2v) is 5.97. The van der Waals surface area contributed by atoms with Gasteiger partial charge in [0.15, 0.2) is 0 Å². The van der Waals surface area contributed by atoms with Gasteiger partial charge in [-0.15, -0.1) is 0 Å². The van der Waals surface area contributed by atoms with Crippen molar-refractivity contribution in [1.29, 1.82) is 0 Å². The first-order chi connectivity index (χ1) is 11.0. The van der Waals surface area contributed by atoms with E-state index < -0.39 is 6.17 Å². The fourth-order valence-corrected chi connectivity index (χ4v) is 2.99. The van der Waals surface area contributed by atoms with Gasteiger partial charge in [-0.05, 0) is 19.4 Å². The highest BCUT2D eigenvalue weighted by molar-refractivity contribution is 5.95. The van der Waals surface area contributed by atoms with Crippen molar-refractivity contribution in [2.45, 2.75) is 32.1 Å². The second kappa shape index (κ2) is 6.54. The SMILES string of the molecule is Cc1occc1C(=O)NC[C@@H]1C[C@H](F)CN1Cc1nccn1C. The van der Waals surface area contributed by atoms with Crippen molar-refractivity contribution < 1.29 is 13.6 Å². The van der Waals surface area contributed by atoms with Crippen molar-refractivity contribution in [1.82, 2.24) is 19.8 Å². The van der Waals surface area contributed by atoms with E-state index in [2.05, 4.69) is 10.3 Å². The van der Waals surface area contributed by atoms with E-state index in [0.29, 0.717) is 37.4 Å². The highest BCUT2D eigenvalue weighted by Gasteiger charge is 2.33. The lowest BCUT2D eigenvalue weighted by Crippen LogP contribution is -2.40. The van der Waals surface area contributed by atoms with Crippen molar-refractivity contribution >= 4 is 5.91 Å². The molecule has 0 aliphatic carbocycles. The molecule has 124 valence electrons. The highest BCUT2D eigenvalue weighted by Crippen LogP contribution is 2.22. The summed E-state index contributed by atoms with van der Waals surface area (Å²) in [6, 6.07) is 1.61. The second-order valence-electron chi connectivity index (χ2n) is 5.97. The number of nitrogens with one attached hydrogen (secondary N) is 1. The number of imidazole rings is 1. The van der Waals surface area contributed by atoms with E-state index in [1.54, 1.807) is 19.2 Å². The van der Waals surface area contributed by atoms with E-state index >= 15 is 0 Å². The van der Waals surface area contributed by atoms with Crippen LogP contribution in [0.15, 0.2) is 29.1 Å². The Morgan fingerprint density at radius 3 is 3.04 bits per heavy atom. The Bertz CT molecular complexity index is 681. The van der Waals surface area contributed by atoms with Crippen molar-refractivity contribution in [2.24, 2.45) is 7.05 Å². The van der Waals surface area contributed by atoms with E-state index in [1.807, 2.05) is 22.7 Å². The Kier molecular flexibility index (Phi) is 4.47. The van der Waals surface area contributed by atoms with Gasteiger partial charge in [-0.2, -0.15) is 0 Å². The zero-order valence-corrected chi connectivity index (χ0v) is 13.3. The van der Waals surface area contributed by atoms with Crippen molar-refractivity contribution in [3.63, 3.8) is 0 Å². The molecule has 3 rings (SSSR count). The van der Waals surface area contributed by atoms with Crippen molar-refractivity contribution in [3.05, 3.63) is 41.9 Å². The fourth-order valence-electron chi connectivity index (χ4n) is 2.99. The van der Waals surface area contributed by atoms with Gasteiger partial charge in [0.1, 0.15) is 17.8 Å². The lowest BCUT2D eigenvalue weighted by molar-refractivity contribution is 0.0938. The average Bonchev–Trinajstić information content (AvgIpc) is 3.19. The van der Waals surface area contributed by atoms with E-state index in [9.17, 15) is 9.18 Å². The number of aryl methyl sites for hydroxylation is 2. The molecule has 2 atom stereocenters. The third-order valence-corrected chi connectivity index (χ3v) is 4.34. The zero-order valence-electron chi connectivity index (χ0n) is 13.3. The predicted octanol–water partition coefficient (Wildman–Crippen LogP) is 1.66. The van der Waals surface area contributed by atoms with Crippen LogP contribution in [0.3, 0.4) is 0 Å². The molecule has 0 aromatic carbocycles. The summed E-state index contributed by atoms with van der Waals surface area (Å²) in [5.41, 5.74) is 0.524. The number of likely N-dealkylation sites (tertiary alicyclic amines) is 1. The topological polar surface area (TPSA) is 63.3 Å². The number of amides is 1. The minimum absolute atomic E-state index is 0.0298. The summed E-state index contributed by atoms with van der Waals surface area (Å²) in [6.45, 7) is 3.11. The Labute approximate surface area is 134 Å². The van der Waals surface area contributed by atoms with Gasteiger partial charge in [0.25, 0.3) is 5.91 Å². The van der Waals surface area contributed by atoms with Crippen LogP contribution < -0.4 is 5.32 Å². The number of hydrogen-bond donors (Lipinski definition) is 1. The normalized spacial score (nSPS) is 21.7. The summed E-state index contributed by atoms with van der Waals surface area (Å²) >= 11 is 0. The third-order valence-electron chi connectivity index (χ3n) is 4.34. The molecule has 0 radical (unpaired) electrons. The molecule has 1 amide bonds. The molecule has 23 heavy (non-hydrogen) atoms. The van der Waals surface area contributed by atoms with Gasteiger partial charge in [-0.3, -0.25) is 9.69 Å². The first-order valence-electron chi connectivity index (χ1n) is 7.71. The lowest BCUT2D eigenvalue weighted by Gasteiger charge is -2.23. The molecular weight excluding hydrogens is 299 g/mol.